The van der Waals surface area contributed by atoms with Gasteiger partial charge in [0.05, 0.1) is 6.61 Å². The highest BCUT2D eigenvalue weighted by atomic mass is 16.6. The van der Waals surface area contributed by atoms with Crippen LogP contribution in [0.1, 0.15) is 213 Å². The van der Waals surface area contributed by atoms with Gasteiger partial charge >= 0.3 is 11.9 Å². The molecular weight excluding hydrogens is 560 g/mol. The van der Waals surface area contributed by atoms with Gasteiger partial charge in [0.2, 0.25) is 0 Å². The molecule has 0 aliphatic heterocycles. The lowest BCUT2D eigenvalue weighted by Gasteiger charge is -2.14. The molecule has 266 valence electrons. The van der Waals surface area contributed by atoms with Gasteiger partial charge < -0.3 is 14.6 Å². The highest BCUT2D eigenvalue weighted by Crippen LogP contribution is 2.15. The Morgan fingerprint density at radius 2 is 0.889 bits per heavy atom. The molecule has 0 aromatic heterocycles. The number of carbonyl (C=O) groups excluding carboxylic acids is 2. The van der Waals surface area contributed by atoms with Crippen LogP contribution in [0, 0.1) is 0 Å². The summed E-state index contributed by atoms with van der Waals surface area (Å²) in [6, 6.07) is 0. The molecule has 0 aromatic rings. The van der Waals surface area contributed by atoms with Crippen LogP contribution in [0.3, 0.4) is 0 Å². The summed E-state index contributed by atoms with van der Waals surface area (Å²) in [6.45, 7) is 4.09. The van der Waals surface area contributed by atoms with E-state index in [1.54, 1.807) is 0 Å². The Hall–Kier alpha value is -1.36. The van der Waals surface area contributed by atoms with E-state index in [0.717, 1.165) is 32.1 Å². The molecule has 1 atom stereocenters. The van der Waals surface area contributed by atoms with Crippen LogP contribution in [0.2, 0.25) is 0 Å². The van der Waals surface area contributed by atoms with Gasteiger partial charge in [0.1, 0.15) is 6.61 Å². The Morgan fingerprint density at radius 1 is 0.533 bits per heavy atom. The quantitative estimate of drug-likeness (QED) is 0.0421. The predicted molar refractivity (Wildman–Crippen MR) is 192 cm³/mol. The van der Waals surface area contributed by atoms with Gasteiger partial charge in [0, 0.05) is 12.5 Å². The lowest BCUT2D eigenvalue weighted by molar-refractivity contribution is -0.157. The van der Waals surface area contributed by atoms with Crippen molar-refractivity contribution in [1.29, 1.82) is 0 Å². The van der Waals surface area contributed by atoms with Crippen LogP contribution >= 0.6 is 0 Å². The van der Waals surface area contributed by atoms with Crippen molar-refractivity contribution in [2.75, 3.05) is 13.2 Å². The van der Waals surface area contributed by atoms with Crippen LogP contribution in [-0.4, -0.2) is 36.4 Å². The molecule has 0 amide bonds. The molecule has 5 heteroatoms. The number of ether oxygens (including phenoxy) is 2. The summed E-state index contributed by atoms with van der Waals surface area (Å²) < 4.78 is 10.5. The van der Waals surface area contributed by atoms with E-state index in [-0.39, 0.29) is 19.2 Å². The number of hydrogen-bond acceptors (Lipinski definition) is 5. The highest BCUT2D eigenvalue weighted by molar-refractivity contribution is 5.82. The number of hydrogen-bond donors (Lipinski definition) is 1. The lowest BCUT2D eigenvalue weighted by Crippen LogP contribution is -2.27. The minimum absolute atomic E-state index is 0.0906. The number of unbranched alkanes of at least 4 members (excludes halogenated alkanes) is 28. The van der Waals surface area contributed by atoms with Crippen molar-refractivity contribution in [3.05, 3.63) is 12.2 Å². The van der Waals surface area contributed by atoms with E-state index < -0.39 is 12.1 Å². The first-order chi connectivity index (χ1) is 22.1. The maximum absolute atomic E-state index is 12.1. The second-order valence-corrected chi connectivity index (χ2v) is 13.4. The van der Waals surface area contributed by atoms with Crippen LogP contribution in [0.4, 0.5) is 0 Å². The van der Waals surface area contributed by atoms with Gasteiger partial charge in [0.15, 0.2) is 6.10 Å². The molecule has 5 nitrogen and oxygen atoms in total. The van der Waals surface area contributed by atoms with Crippen LogP contribution in [-0.2, 0) is 19.1 Å². The fraction of sp³-hybridized carbons (Fsp3) is 0.900. The maximum Gasteiger partial charge on any atom is 0.330 e. The van der Waals surface area contributed by atoms with Crippen molar-refractivity contribution in [3.8, 4) is 0 Å². The normalized spacial score (nSPS) is 12.2. The SMILES string of the molecule is CCCCCCCCCCCCCCCC=CC(=O)OC(CO)COC(=O)CCCCCCCCCCCCCCCCCC. The van der Waals surface area contributed by atoms with Crippen molar-refractivity contribution in [2.24, 2.45) is 0 Å². The Balaban J connectivity index is 3.55. The third kappa shape index (κ3) is 35.3. The summed E-state index contributed by atoms with van der Waals surface area (Å²) in [5, 5.41) is 9.52. The Morgan fingerprint density at radius 3 is 1.27 bits per heavy atom. The monoisotopic (exact) mass is 637 g/mol. The standard InChI is InChI=1S/C40H76O5/c1-3-5-7-9-11-13-15-17-19-21-22-24-26-28-30-32-34-39(42)44-37-38(36-41)45-40(43)35-33-31-29-27-25-23-20-18-16-14-12-10-8-6-4-2/h33,35,38,41H,3-32,34,36-37H2,1-2H3. The molecule has 0 saturated carbocycles. The van der Waals surface area contributed by atoms with E-state index in [9.17, 15) is 14.7 Å². The van der Waals surface area contributed by atoms with E-state index in [1.807, 2.05) is 6.08 Å². The van der Waals surface area contributed by atoms with Crippen LogP contribution < -0.4 is 0 Å². The summed E-state index contributed by atoms with van der Waals surface area (Å²) >= 11 is 0. The summed E-state index contributed by atoms with van der Waals surface area (Å²) in [6.07, 6.45) is 41.7. The van der Waals surface area contributed by atoms with Crippen molar-refractivity contribution in [2.45, 2.75) is 219 Å². The van der Waals surface area contributed by atoms with E-state index in [1.165, 1.54) is 167 Å². The molecule has 0 spiro atoms. The number of carbonyl (C=O) groups is 2. The Kier molecular flexibility index (Phi) is 36.0. The second-order valence-electron chi connectivity index (χ2n) is 13.4. The van der Waals surface area contributed by atoms with Crippen molar-refractivity contribution in [1.82, 2.24) is 0 Å². The summed E-state index contributed by atoms with van der Waals surface area (Å²) in [7, 11) is 0. The topological polar surface area (TPSA) is 72.8 Å². The smallest absolute Gasteiger partial charge is 0.330 e. The summed E-state index contributed by atoms with van der Waals surface area (Å²) in [5.41, 5.74) is 0. The van der Waals surface area contributed by atoms with E-state index in [0.29, 0.717) is 6.42 Å². The third-order valence-electron chi connectivity index (χ3n) is 8.88. The summed E-state index contributed by atoms with van der Waals surface area (Å²) in [5.74, 6) is -0.773. The van der Waals surface area contributed by atoms with Crippen LogP contribution in [0.5, 0.6) is 0 Å². The molecule has 45 heavy (non-hydrogen) atoms. The first kappa shape index (κ1) is 43.6. The molecule has 0 aliphatic carbocycles. The van der Waals surface area contributed by atoms with Gasteiger partial charge in [-0.1, -0.05) is 193 Å². The number of aliphatic hydroxyl groups excluding tert-OH is 1. The largest absolute Gasteiger partial charge is 0.462 e. The van der Waals surface area contributed by atoms with Crippen molar-refractivity contribution in [3.63, 3.8) is 0 Å². The fourth-order valence-corrected chi connectivity index (χ4v) is 5.86. The molecule has 0 rings (SSSR count). The van der Waals surface area contributed by atoms with E-state index in [4.69, 9.17) is 9.47 Å². The number of aliphatic hydroxyl groups is 1. The average molecular weight is 637 g/mol. The van der Waals surface area contributed by atoms with Crippen molar-refractivity contribution < 1.29 is 24.2 Å². The van der Waals surface area contributed by atoms with E-state index in [2.05, 4.69) is 13.8 Å². The Bertz CT molecular complexity index is 647. The first-order valence-corrected chi connectivity index (χ1v) is 19.8. The van der Waals surface area contributed by atoms with Crippen LogP contribution in [0.25, 0.3) is 0 Å². The zero-order chi connectivity index (χ0) is 32.9. The number of allylic oxidation sites excluding steroid dienone is 1. The van der Waals surface area contributed by atoms with Gasteiger partial charge in [-0.05, 0) is 19.3 Å². The molecule has 0 saturated heterocycles. The third-order valence-corrected chi connectivity index (χ3v) is 8.88. The minimum Gasteiger partial charge on any atom is -0.462 e. The van der Waals surface area contributed by atoms with Gasteiger partial charge in [-0.15, -0.1) is 0 Å². The zero-order valence-electron chi connectivity index (χ0n) is 30.1. The van der Waals surface area contributed by atoms with Crippen molar-refractivity contribution >= 4 is 11.9 Å². The number of esters is 2. The fourth-order valence-electron chi connectivity index (χ4n) is 5.86. The highest BCUT2D eigenvalue weighted by Gasteiger charge is 2.14. The van der Waals surface area contributed by atoms with Gasteiger partial charge in [-0.2, -0.15) is 0 Å². The molecule has 1 N–H and O–H groups in total. The first-order valence-electron chi connectivity index (χ1n) is 19.8. The molecule has 0 heterocycles. The molecule has 1 unspecified atom stereocenters. The molecular formula is C40H76O5. The van der Waals surface area contributed by atoms with Gasteiger partial charge in [-0.3, -0.25) is 4.79 Å². The zero-order valence-corrected chi connectivity index (χ0v) is 30.1. The van der Waals surface area contributed by atoms with Gasteiger partial charge in [0.25, 0.3) is 0 Å². The molecule has 0 aromatic carbocycles. The lowest BCUT2D eigenvalue weighted by atomic mass is 10.0. The summed E-state index contributed by atoms with van der Waals surface area (Å²) in [4.78, 5) is 24.1. The number of rotatable bonds is 36. The molecule has 0 fully saturated rings. The average Bonchev–Trinajstić information content (AvgIpc) is 3.04. The molecule has 0 aliphatic rings. The Labute approximate surface area is 280 Å². The second kappa shape index (κ2) is 37.1. The maximum atomic E-state index is 12.1. The molecule has 0 radical (unpaired) electrons. The van der Waals surface area contributed by atoms with Crippen LogP contribution in [0.15, 0.2) is 12.2 Å². The predicted octanol–water partition coefficient (Wildman–Crippen LogP) is 12.1. The minimum atomic E-state index is -0.812. The van der Waals surface area contributed by atoms with Gasteiger partial charge in [-0.25, -0.2) is 4.79 Å². The molecule has 0 bridgehead atoms. The van der Waals surface area contributed by atoms with E-state index >= 15 is 0 Å².